The van der Waals surface area contributed by atoms with Gasteiger partial charge in [0.1, 0.15) is 5.92 Å². The fourth-order valence-corrected chi connectivity index (χ4v) is 9.96. The number of phenolic OH excluding ortho intramolecular Hbond substituents is 2. The number of hydrogen-bond acceptors (Lipinski definition) is 8. The first kappa shape index (κ1) is 28.7. The molecule has 1 heterocycles. The first-order chi connectivity index (χ1) is 20.4. The van der Waals surface area contributed by atoms with E-state index in [0.717, 1.165) is 22.0 Å². The number of benzene rings is 4. The van der Waals surface area contributed by atoms with Crippen molar-refractivity contribution in [3.8, 4) is 17.2 Å². The number of rotatable bonds is 8. The van der Waals surface area contributed by atoms with Crippen LogP contribution in [0.15, 0.2) is 97.1 Å². The molecule has 0 aliphatic carbocycles. The SMILES string of the molecule is CCOC(=O)C(C1C(=O)Oc2c(O)c(O)cc(C(=O)OCC)c21)=P(c1ccccc1)(c1ccccc1)c1ccccc1. The third-order valence-corrected chi connectivity index (χ3v) is 11.4. The van der Waals surface area contributed by atoms with Gasteiger partial charge in [-0.3, -0.25) is 4.79 Å². The molecule has 0 amide bonds. The molecule has 1 aliphatic rings. The van der Waals surface area contributed by atoms with Crippen molar-refractivity contribution in [1.82, 2.24) is 0 Å². The first-order valence-corrected chi connectivity index (χ1v) is 15.2. The number of ether oxygens (including phenoxy) is 3. The average Bonchev–Trinajstić information content (AvgIpc) is 3.35. The molecule has 8 nitrogen and oxygen atoms in total. The van der Waals surface area contributed by atoms with E-state index in [2.05, 4.69) is 0 Å². The highest BCUT2D eigenvalue weighted by atomic mass is 31.2. The fraction of sp³-hybridized carbons (Fsp3) is 0.152. The fourth-order valence-electron chi connectivity index (χ4n) is 5.42. The summed E-state index contributed by atoms with van der Waals surface area (Å²) in [5, 5.41) is 23.5. The molecule has 0 aromatic heterocycles. The number of fused-ring (bicyclic) bond motifs is 1. The predicted molar refractivity (Wildman–Crippen MR) is 161 cm³/mol. The van der Waals surface area contributed by atoms with Gasteiger partial charge in [-0.15, -0.1) is 0 Å². The minimum atomic E-state index is -3.24. The normalized spacial score (nSPS) is 14.0. The van der Waals surface area contributed by atoms with Crippen LogP contribution < -0.4 is 20.7 Å². The summed E-state index contributed by atoms with van der Waals surface area (Å²) < 4.78 is 16.5. The molecule has 214 valence electrons. The van der Waals surface area contributed by atoms with Gasteiger partial charge in [-0.2, -0.15) is 0 Å². The summed E-state index contributed by atoms with van der Waals surface area (Å²) in [7, 11) is 0. The van der Waals surface area contributed by atoms with E-state index >= 15 is 0 Å². The Kier molecular flexibility index (Phi) is 8.18. The summed E-state index contributed by atoms with van der Waals surface area (Å²) in [5.74, 6) is -5.76. The largest absolute Gasteiger partial charge is 0.504 e. The number of carbonyl (C=O) groups is 3. The van der Waals surface area contributed by atoms with Crippen LogP contribution in [0.4, 0.5) is 0 Å². The second-order valence-corrected chi connectivity index (χ2v) is 12.8. The quantitative estimate of drug-likeness (QED) is 0.138. The molecule has 0 radical (unpaired) electrons. The van der Waals surface area contributed by atoms with Crippen molar-refractivity contribution in [3.63, 3.8) is 0 Å². The summed E-state index contributed by atoms with van der Waals surface area (Å²) in [6.07, 6.45) is 0. The van der Waals surface area contributed by atoms with Gasteiger partial charge >= 0.3 is 17.9 Å². The summed E-state index contributed by atoms with van der Waals surface area (Å²) >= 11 is 0. The molecule has 2 N–H and O–H groups in total. The minimum Gasteiger partial charge on any atom is -0.504 e. The van der Waals surface area contributed by atoms with Gasteiger partial charge in [0, 0.05) is 5.56 Å². The van der Waals surface area contributed by atoms with E-state index in [9.17, 15) is 24.6 Å². The minimum absolute atomic E-state index is 0.0121. The second-order valence-electron chi connectivity index (χ2n) is 9.39. The molecular formula is C33H29O8P. The summed E-state index contributed by atoms with van der Waals surface area (Å²) in [6, 6.07) is 29.1. The molecule has 0 fully saturated rings. The Morgan fingerprint density at radius 2 is 1.26 bits per heavy atom. The molecule has 0 saturated heterocycles. The second kappa shape index (κ2) is 12.0. The van der Waals surface area contributed by atoms with E-state index in [4.69, 9.17) is 14.2 Å². The number of esters is 3. The molecule has 4 aromatic carbocycles. The maximum absolute atomic E-state index is 14.3. The highest BCUT2D eigenvalue weighted by Crippen LogP contribution is 2.55. The summed E-state index contributed by atoms with van der Waals surface area (Å²) in [6.45, 7) is 0.0683. The van der Waals surface area contributed by atoms with E-state index < -0.39 is 48.0 Å². The van der Waals surface area contributed by atoms with Gasteiger partial charge in [-0.1, -0.05) is 91.0 Å². The summed E-state index contributed by atoms with van der Waals surface area (Å²) in [5.41, 5.74) is -0.268. The maximum Gasteiger partial charge on any atom is 0.338 e. The third-order valence-electron chi connectivity index (χ3n) is 7.05. The van der Waals surface area contributed by atoms with Crippen LogP contribution in [0, 0.1) is 0 Å². The smallest absolute Gasteiger partial charge is 0.338 e. The van der Waals surface area contributed by atoms with Crippen LogP contribution in [0.5, 0.6) is 17.2 Å². The molecule has 1 aliphatic heterocycles. The van der Waals surface area contributed by atoms with Gasteiger partial charge in [0.15, 0.2) is 11.5 Å². The Balaban J connectivity index is 2.05. The maximum atomic E-state index is 14.3. The van der Waals surface area contributed by atoms with E-state index in [-0.39, 0.29) is 29.6 Å². The van der Waals surface area contributed by atoms with Crippen molar-refractivity contribution in [2.24, 2.45) is 0 Å². The lowest BCUT2D eigenvalue weighted by molar-refractivity contribution is -0.137. The lowest BCUT2D eigenvalue weighted by Gasteiger charge is -2.33. The van der Waals surface area contributed by atoms with Crippen molar-refractivity contribution in [2.75, 3.05) is 13.2 Å². The molecule has 0 bridgehead atoms. The van der Waals surface area contributed by atoms with Crippen LogP contribution in [0.25, 0.3) is 0 Å². The Labute approximate surface area is 243 Å². The van der Waals surface area contributed by atoms with Crippen LogP contribution in [-0.2, 0) is 19.1 Å². The molecule has 0 spiro atoms. The molecular weight excluding hydrogens is 555 g/mol. The van der Waals surface area contributed by atoms with Gasteiger partial charge in [0.05, 0.1) is 24.1 Å². The number of carbonyl (C=O) groups excluding carboxylic acids is 3. The van der Waals surface area contributed by atoms with Crippen molar-refractivity contribution in [3.05, 3.63) is 108 Å². The molecule has 42 heavy (non-hydrogen) atoms. The lowest BCUT2D eigenvalue weighted by Crippen LogP contribution is -2.39. The van der Waals surface area contributed by atoms with Gasteiger partial charge < -0.3 is 24.4 Å². The Morgan fingerprint density at radius 3 is 1.71 bits per heavy atom. The number of phenols is 2. The average molecular weight is 585 g/mol. The Morgan fingerprint density at radius 1 is 0.786 bits per heavy atom. The number of hydrogen-bond donors (Lipinski definition) is 2. The van der Waals surface area contributed by atoms with Crippen LogP contribution in [0.2, 0.25) is 0 Å². The Bertz CT molecular complexity index is 1600. The predicted octanol–water partition coefficient (Wildman–Crippen LogP) is 4.01. The molecule has 5 rings (SSSR count). The van der Waals surface area contributed by atoms with Crippen molar-refractivity contribution < 1.29 is 38.8 Å². The zero-order valence-corrected chi connectivity index (χ0v) is 23.9. The lowest BCUT2D eigenvalue weighted by atomic mass is 9.91. The Hall–Kier alpha value is -4.81. The molecule has 1 atom stereocenters. The van der Waals surface area contributed by atoms with Crippen LogP contribution in [0.3, 0.4) is 0 Å². The first-order valence-electron chi connectivity index (χ1n) is 13.4. The van der Waals surface area contributed by atoms with E-state index in [1.807, 2.05) is 91.0 Å². The molecule has 9 heteroatoms. The van der Waals surface area contributed by atoms with Gasteiger partial charge in [0.25, 0.3) is 0 Å². The van der Waals surface area contributed by atoms with Gasteiger partial charge in [0.2, 0.25) is 5.75 Å². The molecule has 4 aromatic rings. The third kappa shape index (κ3) is 4.74. The molecule has 1 unspecified atom stereocenters. The highest BCUT2D eigenvalue weighted by molar-refractivity contribution is 7.96. The van der Waals surface area contributed by atoms with Crippen molar-refractivity contribution >= 4 is 46.0 Å². The standard InChI is InChI=1S/C33H29O8P/c1-3-39-31(36)24-20-25(34)28(35)29-26(24)27(32(37)41-29)30(33(38)40-4-2)42(21-14-8-5-9-15-21,22-16-10-6-11-17-22)23-18-12-7-13-19-23/h5-20,27,34-35H,3-4H2,1-2H3. The zero-order chi connectivity index (χ0) is 29.9. The summed E-state index contributed by atoms with van der Waals surface area (Å²) in [4.78, 5) is 41.5. The molecule has 0 saturated carbocycles. The van der Waals surface area contributed by atoms with Crippen molar-refractivity contribution in [2.45, 2.75) is 19.8 Å². The van der Waals surface area contributed by atoms with E-state index in [0.29, 0.717) is 0 Å². The van der Waals surface area contributed by atoms with Crippen molar-refractivity contribution in [1.29, 1.82) is 0 Å². The van der Waals surface area contributed by atoms with Gasteiger partial charge in [-0.25, -0.2) is 9.59 Å². The van der Waals surface area contributed by atoms with Crippen LogP contribution in [-0.4, -0.2) is 46.6 Å². The van der Waals surface area contributed by atoms with E-state index in [1.165, 1.54) is 0 Å². The van der Waals surface area contributed by atoms with E-state index in [1.54, 1.807) is 13.8 Å². The zero-order valence-electron chi connectivity index (χ0n) is 23.0. The highest BCUT2D eigenvalue weighted by Gasteiger charge is 2.49. The van der Waals surface area contributed by atoms with Gasteiger partial charge in [-0.05, 0) is 42.7 Å². The number of aromatic hydroxyl groups is 2. The van der Waals surface area contributed by atoms with Crippen LogP contribution in [0.1, 0.15) is 35.7 Å². The monoisotopic (exact) mass is 584 g/mol. The van der Waals surface area contributed by atoms with Crippen LogP contribution >= 0.6 is 6.89 Å². The topological polar surface area (TPSA) is 119 Å².